The highest BCUT2D eigenvalue weighted by Crippen LogP contribution is 2.11. The third-order valence-electron chi connectivity index (χ3n) is 2.90. The van der Waals surface area contributed by atoms with E-state index in [0.717, 1.165) is 5.56 Å². The van der Waals surface area contributed by atoms with Crippen LogP contribution in [0.2, 0.25) is 0 Å². The number of methoxy groups -OCH3 is 1. The normalized spacial score (nSPS) is 11.5. The topological polar surface area (TPSA) is 60.5 Å². The van der Waals surface area contributed by atoms with Crippen LogP contribution in [0.15, 0.2) is 48.7 Å². The van der Waals surface area contributed by atoms with Gasteiger partial charge in [0.25, 0.3) is 5.91 Å². The number of amides is 1. The van der Waals surface area contributed by atoms with E-state index in [0.29, 0.717) is 18.2 Å². The van der Waals surface area contributed by atoms with E-state index in [2.05, 4.69) is 10.3 Å². The number of benzene rings is 1. The summed E-state index contributed by atoms with van der Waals surface area (Å²) in [6, 6.07) is 12.9. The molecule has 0 unspecified atom stereocenters. The fourth-order valence-electron chi connectivity index (χ4n) is 1.76. The van der Waals surface area contributed by atoms with Gasteiger partial charge < -0.3 is 14.8 Å². The molecule has 0 aliphatic rings. The van der Waals surface area contributed by atoms with Crippen LogP contribution in [0, 0.1) is 0 Å². The van der Waals surface area contributed by atoms with Gasteiger partial charge in [0.05, 0.1) is 7.11 Å². The zero-order valence-electron chi connectivity index (χ0n) is 12.1. The summed E-state index contributed by atoms with van der Waals surface area (Å²) in [6.07, 6.45) is 1.08. The molecular formula is C16H18N2O3. The van der Waals surface area contributed by atoms with E-state index < -0.39 is 6.10 Å². The van der Waals surface area contributed by atoms with Crippen molar-refractivity contribution in [3.8, 4) is 11.6 Å². The fraction of sp³-hybridized carbons (Fsp3) is 0.250. The van der Waals surface area contributed by atoms with Crippen molar-refractivity contribution in [1.29, 1.82) is 0 Å². The van der Waals surface area contributed by atoms with E-state index in [4.69, 9.17) is 9.47 Å². The summed E-state index contributed by atoms with van der Waals surface area (Å²) in [4.78, 5) is 16.0. The molecule has 0 saturated carbocycles. The molecule has 110 valence electrons. The Labute approximate surface area is 123 Å². The van der Waals surface area contributed by atoms with Gasteiger partial charge in [-0.3, -0.25) is 4.79 Å². The van der Waals surface area contributed by atoms with Crippen molar-refractivity contribution < 1.29 is 14.3 Å². The minimum Gasteiger partial charge on any atom is -0.481 e. The van der Waals surface area contributed by atoms with E-state index in [9.17, 15) is 4.79 Å². The number of nitrogens with zero attached hydrogens (tertiary/aromatic N) is 1. The molecule has 21 heavy (non-hydrogen) atoms. The maximum Gasteiger partial charge on any atom is 0.261 e. The average molecular weight is 286 g/mol. The summed E-state index contributed by atoms with van der Waals surface area (Å²) in [6.45, 7) is 2.12. The molecule has 0 aliphatic carbocycles. The van der Waals surface area contributed by atoms with Gasteiger partial charge in [-0.2, -0.15) is 0 Å². The smallest absolute Gasteiger partial charge is 0.261 e. The Balaban J connectivity index is 1.86. The number of rotatable bonds is 6. The molecule has 5 heteroatoms. The number of aromatic nitrogens is 1. The van der Waals surface area contributed by atoms with Gasteiger partial charge in [0.15, 0.2) is 6.10 Å². The monoisotopic (exact) mass is 286 g/mol. The molecule has 0 saturated heterocycles. The number of pyridine rings is 1. The number of carbonyl (C=O) groups excluding carboxylic acids is 1. The van der Waals surface area contributed by atoms with Gasteiger partial charge in [-0.05, 0) is 30.7 Å². The second-order valence-corrected chi connectivity index (χ2v) is 4.50. The predicted octanol–water partition coefficient (Wildman–Crippen LogP) is 2.17. The van der Waals surface area contributed by atoms with Crippen molar-refractivity contribution in [2.75, 3.05) is 7.11 Å². The van der Waals surface area contributed by atoms with Crippen molar-refractivity contribution in [2.45, 2.75) is 19.6 Å². The summed E-state index contributed by atoms with van der Waals surface area (Å²) in [5.74, 6) is 1.02. The Morgan fingerprint density at radius 1 is 1.29 bits per heavy atom. The first kappa shape index (κ1) is 14.8. The molecule has 1 atom stereocenters. The lowest BCUT2D eigenvalue weighted by atomic mass is 10.2. The van der Waals surface area contributed by atoms with Crippen LogP contribution in [0.1, 0.15) is 12.5 Å². The van der Waals surface area contributed by atoms with Crippen molar-refractivity contribution in [1.82, 2.24) is 10.3 Å². The van der Waals surface area contributed by atoms with Gasteiger partial charge in [-0.25, -0.2) is 4.98 Å². The average Bonchev–Trinajstić information content (AvgIpc) is 2.53. The van der Waals surface area contributed by atoms with Gasteiger partial charge in [0.1, 0.15) is 5.75 Å². The minimum atomic E-state index is -0.559. The van der Waals surface area contributed by atoms with Crippen LogP contribution in [0.4, 0.5) is 0 Å². The molecule has 1 aromatic carbocycles. The summed E-state index contributed by atoms with van der Waals surface area (Å²) < 4.78 is 10.6. The molecule has 0 radical (unpaired) electrons. The maximum absolute atomic E-state index is 12.0. The number of nitrogens with one attached hydrogen (secondary N) is 1. The Kier molecular flexibility index (Phi) is 5.15. The molecular weight excluding hydrogens is 268 g/mol. The fourth-order valence-corrected chi connectivity index (χ4v) is 1.76. The molecule has 0 fully saturated rings. The van der Waals surface area contributed by atoms with E-state index >= 15 is 0 Å². The number of ether oxygens (including phenoxy) is 2. The molecule has 0 bridgehead atoms. The first-order chi connectivity index (χ1) is 10.2. The lowest BCUT2D eigenvalue weighted by Gasteiger charge is -2.14. The molecule has 2 rings (SSSR count). The third kappa shape index (κ3) is 4.49. The third-order valence-corrected chi connectivity index (χ3v) is 2.90. The van der Waals surface area contributed by atoms with Gasteiger partial charge in [0.2, 0.25) is 5.88 Å². The van der Waals surface area contributed by atoms with E-state index in [1.54, 1.807) is 26.3 Å². The van der Waals surface area contributed by atoms with Gasteiger partial charge in [-0.1, -0.05) is 18.2 Å². The highest BCUT2D eigenvalue weighted by Gasteiger charge is 2.14. The lowest BCUT2D eigenvalue weighted by Crippen LogP contribution is -2.35. The van der Waals surface area contributed by atoms with Crippen LogP contribution in [0.3, 0.4) is 0 Å². The summed E-state index contributed by atoms with van der Waals surface area (Å²) in [7, 11) is 1.56. The zero-order valence-corrected chi connectivity index (χ0v) is 12.1. The van der Waals surface area contributed by atoms with Crippen LogP contribution in [-0.4, -0.2) is 24.1 Å². The predicted molar refractivity (Wildman–Crippen MR) is 79.2 cm³/mol. The van der Waals surface area contributed by atoms with Gasteiger partial charge >= 0.3 is 0 Å². The quantitative estimate of drug-likeness (QED) is 0.884. The first-order valence-corrected chi connectivity index (χ1v) is 6.67. The molecule has 1 heterocycles. The molecule has 0 aliphatic heterocycles. The van der Waals surface area contributed by atoms with E-state index in [-0.39, 0.29) is 5.91 Å². The molecule has 5 nitrogen and oxygen atoms in total. The van der Waals surface area contributed by atoms with Crippen molar-refractivity contribution in [3.05, 3.63) is 54.2 Å². The van der Waals surface area contributed by atoms with Crippen LogP contribution >= 0.6 is 0 Å². The van der Waals surface area contributed by atoms with Crippen LogP contribution < -0.4 is 14.8 Å². The molecule has 0 spiro atoms. The van der Waals surface area contributed by atoms with Crippen LogP contribution in [0.25, 0.3) is 0 Å². The Morgan fingerprint density at radius 2 is 2.05 bits per heavy atom. The van der Waals surface area contributed by atoms with Gasteiger partial charge in [-0.15, -0.1) is 0 Å². The lowest BCUT2D eigenvalue weighted by molar-refractivity contribution is -0.127. The highest BCUT2D eigenvalue weighted by molar-refractivity contribution is 5.80. The molecule has 1 amide bonds. The second-order valence-electron chi connectivity index (χ2n) is 4.50. The number of para-hydroxylation sites is 1. The number of carbonyl (C=O) groups is 1. The molecule has 1 N–H and O–H groups in total. The summed E-state index contributed by atoms with van der Waals surface area (Å²) >= 11 is 0. The van der Waals surface area contributed by atoms with E-state index in [1.165, 1.54) is 0 Å². The minimum absolute atomic E-state index is 0.172. The Hall–Kier alpha value is -2.56. The number of hydrogen-bond donors (Lipinski definition) is 1. The summed E-state index contributed by atoms with van der Waals surface area (Å²) in [5, 5.41) is 2.82. The second kappa shape index (κ2) is 7.28. The van der Waals surface area contributed by atoms with Gasteiger partial charge in [0, 0.05) is 18.8 Å². The molecule has 1 aromatic heterocycles. The van der Waals surface area contributed by atoms with Crippen molar-refractivity contribution in [3.63, 3.8) is 0 Å². The first-order valence-electron chi connectivity index (χ1n) is 6.67. The maximum atomic E-state index is 12.0. The number of hydrogen-bond acceptors (Lipinski definition) is 4. The standard InChI is InChI=1S/C16H18N2O3/c1-12(21-14-6-4-3-5-7-14)16(19)18-11-13-8-9-17-15(10-13)20-2/h3-10,12H,11H2,1-2H3,(H,18,19)/t12-/m1/s1. The van der Waals surface area contributed by atoms with Crippen LogP contribution in [0.5, 0.6) is 11.6 Å². The SMILES string of the molecule is COc1cc(CNC(=O)[C@@H](C)Oc2ccccc2)ccn1. The summed E-state index contributed by atoms with van der Waals surface area (Å²) in [5.41, 5.74) is 0.919. The van der Waals surface area contributed by atoms with E-state index in [1.807, 2.05) is 36.4 Å². The zero-order chi connectivity index (χ0) is 15.1. The van der Waals surface area contributed by atoms with Crippen molar-refractivity contribution >= 4 is 5.91 Å². The highest BCUT2D eigenvalue weighted by atomic mass is 16.5. The molecule has 2 aromatic rings. The Morgan fingerprint density at radius 3 is 2.76 bits per heavy atom. The van der Waals surface area contributed by atoms with Crippen molar-refractivity contribution in [2.24, 2.45) is 0 Å². The Bertz CT molecular complexity index is 587. The van der Waals surface area contributed by atoms with Crippen LogP contribution in [-0.2, 0) is 11.3 Å². The largest absolute Gasteiger partial charge is 0.481 e.